The van der Waals surface area contributed by atoms with Crippen molar-refractivity contribution in [2.45, 2.75) is 51.0 Å². The molecule has 0 unspecified atom stereocenters. The van der Waals surface area contributed by atoms with Crippen LogP contribution in [0, 0.1) is 11.7 Å². The van der Waals surface area contributed by atoms with Crippen LogP contribution in [0.4, 0.5) is 4.39 Å². The lowest BCUT2D eigenvalue weighted by atomic mass is 9.86. The number of nitrogens with one attached hydrogen (secondary N) is 1. The summed E-state index contributed by atoms with van der Waals surface area (Å²) in [7, 11) is 1.44. The van der Waals surface area contributed by atoms with E-state index in [2.05, 4.69) is 5.32 Å². The molecule has 1 fully saturated rings. The number of benzene rings is 1. The molecule has 1 aliphatic rings. The zero-order chi connectivity index (χ0) is 16.7. The van der Waals surface area contributed by atoms with Crippen molar-refractivity contribution in [2.75, 3.05) is 13.7 Å². The molecule has 0 aliphatic heterocycles. The fourth-order valence-electron chi connectivity index (χ4n) is 3.08. The molecule has 0 saturated heterocycles. The Balaban J connectivity index is 1.67. The minimum absolute atomic E-state index is 0.00300. The first kappa shape index (κ1) is 17.7. The predicted molar refractivity (Wildman–Crippen MR) is 86.9 cm³/mol. The summed E-state index contributed by atoms with van der Waals surface area (Å²) in [4.78, 5) is 11.9. The van der Waals surface area contributed by atoms with Crippen LogP contribution in [0.15, 0.2) is 18.2 Å². The van der Waals surface area contributed by atoms with Gasteiger partial charge in [0.2, 0.25) is 5.91 Å². The average molecular weight is 323 g/mol. The monoisotopic (exact) mass is 323 g/mol. The number of rotatable bonds is 7. The van der Waals surface area contributed by atoms with Gasteiger partial charge in [0.05, 0.1) is 13.2 Å². The Morgan fingerprint density at radius 3 is 2.87 bits per heavy atom. The van der Waals surface area contributed by atoms with E-state index in [9.17, 15) is 14.3 Å². The number of ether oxygens (including phenoxy) is 1. The maximum Gasteiger partial charge on any atom is 0.220 e. The van der Waals surface area contributed by atoms with Gasteiger partial charge in [-0.15, -0.1) is 0 Å². The van der Waals surface area contributed by atoms with Crippen molar-refractivity contribution in [3.63, 3.8) is 0 Å². The van der Waals surface area contributed by atoms with Crippen molar-refractivity contribution in [2.24, 2.45) is 5.92 Å². The summed E-state index contributed by atoms with van der Waals surface area (Å²) < 4.78 is 18.5. The Labute approximate surface area is 137 Å². The molecule has 0 bridgehead atoms. The zero-order valence-corrected chi connectivity index (χ0v) is 13.7. The minimum atomic E-state index is -0.374. The molecule has 4 nitrogen and oxygen atoms in total. The molecule has 0 radical (unpaired) electrons. The first-order valence-electron chi connectivity index (χ1n) is 8.37. The maximum atomic E-state index is 13.6. The number of hydrogen-bond acceptors (Lipinski definition) is 3. The summed E-state index contributed by atoms with van der Waals surface area (Å²) in [6.07, 6.45) is 5.47. The summed E-state index contributed by atoms with van der Waals surface area (Å²) in [5.74, 6) is 0.0402. The van der Waals surface area contributed by atoms with E-state index in [4.69, 9.17) is 4.74 Å². The molecular weight excluding hydrogens is 297 g/mol. The van der Waals surface area contributed by atoms with Crippen molar-refractivity contribution in [3.05, 3.63) is 29.6 Å². The summed E-state index contributed by atoms with van der Waals surface area (Å²) in [6, 6.07) is 4.88. The summed E-state index contributed by atoms with van der Waals surface area (Å²) in [5.41, 5.74) is 0.860. The number of aryl methyl sites for hydroxylation is 1. The quantitative estimate of drug-likeness (QED) is 0.811. The average Bonchev–Trinajstić information content (AvgIpc) is 2.54. The number of aliphatic hydroxyl groups is 1. The lowest BCUT2D eigenvalue weighted by Crippen LogP contribution is -2.36. The molecule has 1 aromatic carbocycles. The Hall–Kier alpha value is -1.62. The largest absolute Gasteiger partial charge is 0.494 e. The lowest BCUT2D eigenvalue weighted by molar-refractivity contribution is -0.121. The Kier molecular flexibility index (Phi) is 6.84. The zero-order valence-electron chi connectivity index (χ0n) is 13.7. The highest BCUT2D eigenvalue weighted by molar-refractivity contribution is 5.75. The van der Waals surface area contributed by atoms with E-state index in [1.54, 1.807) is 6.07 Å². The Bertz CT molecular complexity index is 521. The number of aliphatic hydroxyl groups excluding tert-OH is 1. The highest BCUT2D eigenvalue weighted by Gasteiger charge is 2.23. The van der Waals surface area contributed by atoms with E-state index in [-0.39, 0.29) is 29.5 Å². The van der Waals surface area contributed by atoms with Crippen molar-refractivity contribution in [1.82, 2.24) is 5.32 Å². The van der Waals surface area contributed by atoms with Crippen LogP contribution in [0.25, 0.3) is 0 Å². The molecule has 0 aromatic heterocycles. The van der Waals surface area contributed by atoms with Crippen LogP contribution in [0.1, 0.15) is 44.1 Å². The molecule has 23 heavy (non-hydrogen) atoms. The molecule has 0 spiro atoms. The van der Waals surface area contributed by atoms with Gasteiger partial charge in [0.25, 0.3) is 0 Å². The third kappa shape index (κ3) is 5.50. The first-order valence-corrected chi connectivity index (χ1v) is 8.37. The van der Waals surface area contributed by atoms with E-state index >= 15 is 0 Å². The van der Waals surface area contributed by atoms with Crippen LogP contribution in [0.5, 0.6) is 5.75 Å². The van der Waals surface area contributed by atoms with Gasteiger partial charge in [0, 0.05) is 18.9 Å². The van der Waals surface area contributed by atoms with Crippen LogP contribution in [0.3, 0.4) is 0 Å². The highest BCUT2D eigenvalue weighted by atomic mass is 19.1. The van der Waals surface area contributed by atoms with E-state index in [1.165, 1.54) is 13.2 Å². The lowest BCUT2D eigenvalue weighted by Gasteiger charge is -2.27. The normalized spacial score (nSPS) is 21.0. The van der Waals surface area contributed by atoms with Gasteiger partial charge in [-0.25, -0.2) is 4.39 Å². The van der Waals surface area contributed by atoms with E-state index < -0.39 is 0 Å². The molecule has 128 valence electrons. The van der Waals surface area contributed by atoms with E-state index in [0.29, 0.717) is 25.8 Å². The highest BCUT2D eigenvalue weighted by Crippen LogP contribution is 2.23. The Morgan fingerprint density at radius 2 is 2.17 bits per heavy atom. The number of amides is 1. The van der Waals surface area contributed by atoms with Crippen LogP contribution in [-0.4, -0.2) is 30.8 Å². The fourth-order valence-corrected chi connectivity index (χ4v) is 3.08. The van der Waals surface area contributed by atoms with Crippen LogP contribution in [-0.2, 0) is 11.2 Å². The summed E-state index contributed by atoms with van der Waals surface area (Å²) in [5, 5.41) is 12.8. The van der Waals surface area contributed by atoms with Gasteiger partial charge in [-0.3, -0.25) is 4.79 Å². The molecule has 2 N–H and O–H groups in total. The number of halogens is 1. The second kappa shape index (κ2) is 8.87. The van der Waals surface area contributed by atoms with E-state index in [0.717, 1.165) is 31.2 Å². The molecule has 5 heteroatoms. The molecule has 1 aliphatic carbocycles. The van der Waals surface area contributed by atoms with Gasteiger partial charge in [-0.2, -0.15) is 0 Å². The van der Waals surface area contributed by atoms with Gasteiger partial charge in [-0.1, -0.05) is 18.9 Å². The molecular formula is C18H26FNO3. The van der Waals surface area contributed by atoms with Crippen LogP contribution < -0.4 is 10.1 Å². The summed E-state index contributed by atoms with van der Waals surface area (Å²) >= 11 is 0. The number of methoxy groups -OCH3 is 1. The van der Waals surface area contributed by atoms with Gasteiger partial charge in [-0.05, 0) is 43.4 Å². The van der Waals surface area contributed by atoms with Gasteiger partial charge < -0.3 is 15.2 Å². The smallest absolute Gasteiger partial charge is 0.220 e. The van der Waals surface area contributed by atoms with Gasteiger partial charge >= 0.3 is 0 Å². The molecule has 1 saturated carbocycles. The van der Waals surface area contributed by atoms with Crippen LogP contribution >= 0.6 is 0 Å². The number of hydrogen-bond donors (Lipinski definition) is 2. The van der Waals surface area contributed by atoms with Gasteiger partial charge in [0.1, 0.15) is 0 Å². The van der Waals surface area contributed by atoms with Crippen molar-refractivity contribution >= 4 is 5.91 Å². The third-order valence-electron chi connectivity index (χ3n) is 4.52. The Morgan fingerprint density at radius 1 is 1.39 bits per heavy atom. The molecule has 0 heterocycles. The van der Waals surface area contributed by atoms with Crippen LogP contribution in [0.2, 0.25) is 0 Å². The minimum Gasteiger partial charge on any atom is -0.494 e. The van der Waals surface area contributed by atoms with Crippen molar-refractivity contribution in [1.29, 1.82) is 0 Å². The second-order valence-corrected chi connectivity index (χ2v) is 6.24. The molecule has 2 atom stereocenters. The standard InChI is InChI=1S/C18H26FNO3/c1-23-17-10-9-13(11-15(17)19)5-4-8-18(22)20-12-14-6-2-3-7-16(14)21/h9-11,14,16,21H,2-8,12H2,1H3,(H,20,22)/t14-,16-/m0/s1. The second-order valence-electron chi connectivity index (χ2n) is 6.24. The SMILES string of the molecule is COc1ccc(CCCC(=O)NC[C@@H]2CCCC[C@@H]2O)cc1F. The van der Waals surface area contributed by atoms with Crippen molar-refractivity contribution < 1.29 is 19.0 Å². The maximum absolute atomic E-state index is 13.6. The van der Waals surface area contributed by atoms with Gasteiger partial charge in [0.15, 0.2) is 11.6 Å². The number of carbonyl (C=O) groups excluding carboxylic acids is 1. The molecule has 2 rings (SSSR count). The first-order chi connectivity index (χ1) is 11.1. The third-order valence-corrected chi connectivity index (χ3v) is 4.52. The fraction of sp³-hybridized carbons (Fsp3) is 0.611. The predicted octanol–water partition coefficient (Wildman–Crippen LogP) is 2.82. The number of carbonyl (C=O) groups is 1. The molecule has 1 aromatic rings. The molecule has 1 amide bonds. The van der Waals surface area contributed by atoms with Crippen molar-refractivity contribution in [3.8, 4) is 5.75 Å². The topological polar surface area (TPSA) is 58.6 Å². The summed E-state index contributed by atoms with van der Waals surface area (Å²) in [6.45, 7) is 0.553. The van der Waals surface area contributed by atoms with E-state index in [1.807, 2.05) is 6.07 Å².